The first-order valence-corrected chi connectivity index (χ1v) is 8.47. The molecule has 0 spiro atoms. The molecule has 0 unspecified atom stereocenters. The van der Waals surface area contributed by atoms with Gasteiger partial charge in [-0.1, -0.05) is 37.3 Å². The van der Waals surface area contributed by atoms with Crippen molar-refractivity contribution in [3.8, 4) is 0 Å². The number of benzene rings is 1. The van der Waals surface area contributed by atoms with Crippen molar-refractivity contribution in [2.24, 2.45) is 0 Å². The molecule has 0 bridgehead atoms. The van der Waals surface area contributed by atoms with Gasteiger partial charge in [0.05, 0.1) is 5.39 Å². The van der Waals surface area contributed by atoms with Crippen molar-refractivity contribution in [1.82, 2.24) is 15.0 Å². The highest BCUT2D eigenvalue weighted by Gasteiger charge is 2.09. The molecule has 126 valence electrons. The lowest BCUT2D eigenvalue weighted by Crippen LogP contribution is -2.04. The number of aromatic nitrogens is 3. The Hall–Kier alpha value is -2.27. The van der Waals surface area contributed by atoms with Gasteiger partial charge in [0.2, 0.25) is 0 Å². The van der Waals surface area contributed by atoms with E-state index in [2.05, 4.69) is 53.3 Å². The number of rotatable bonds is 4. The monoisotopic (exact) mass is 340 g/mol. The number of hydrogen-bond donors (Lipinski definition) is 3. The standard InChI is InChI=1S/C12H16N4.C7H8S/c1-4-6-13-11-10-9(5-2)7-14-12(10)16-8(3)15-11;1-6-2-4-7(8)5-3-6/h5,7H,2,4,6H2,1,3H3,(H2,13,14,15,16);2-5,8H,1H3. The Labute approximate surface area is 148 Å². The van der Waals surface area contributed by atoms with Crippen molar-refractivity contribution >= 4 is 35.6 Å². The fraction of sp³-hybridized carbons (Fsp3) is 0.263. The second kappa shape index (κ2) is 8.55. The average molecular weight is 340 g/mol. The Morgan fingerprint density at radius 3 is 2.50 bits per heavy atom. The maximum absolute atomic E-state index is 4.43. The molecule has 3 aromatic rings. The molecule has 4 nitrogen and oxygen atoms in total. The van der Waals surface area contributed by atoms with Crippen molar-refractivity contribution in [3.63, 3.8) is 0 Å². The third-order valence-electron chi connectivity index (χ3n) is 3.47. The highest BCUT2D eigenvalue weighted by atomic mass is 32.1. The van der Waals surface area contributed by atoms with E-state index in [9.17, 15) is 0 Å². The first-order chi connectivity index (χ1) is 11.5. The van der Waals surface area contributed by atoms with E-state index in [1.165, 1.54) is 5.56 Å². The van der Waals surface area contributed by atoms with Gasteiger partial charge >= 0.3 is 0 Å². The Balaban J connectivity index is 0.000000219. The number of nitrogens with one attached hydrogen (secondary N) is 2. The summed E-state index contributed by atoms with van der Waals surface area (Å²) in [5, 5.41) is 4.34. The van der Waals surface area contributed by atoms with Crippen LogP contribution in [0.25, 0.3) is 17.1 Å². The molecule has 0 saturated carbocycles. The molecule has 0 aliphatic rings. The number of aromatic amines is 1. The second-order valence-electron chi connectivity index (χ2n) is 5.55. The van der Waals surface area contributed by atoms with Gasteiger partial charge in [-0.05, 0) is 32.4 Å². The summed E-state index contributed by atoms with van der Waals surface area (Å²) < 4.78 is 0. The van der Waals surface area contributed by atoms with E-state index < -0.39 is 0 Å². The summed E-state index contributed by atoms with van der Waals surface area (Å²) in [4.78, 5) is 12.9. The van der Waals surface area contributed by atoms with Crippen LogP contribution in [0.5, 0.6) is 0 Å². The predicted octanol–water partition coefficient (Wildman–Crippen LogP) is 5.01. The molecule has 0 atom stereocenters. The van der Waals surface area contributed by atoms with E-state index >= 15 is 0 Å². The molecule has 0 amide bonds. The third-order valence-corrected chi connectivity index (χ3v) is 3.77. The number of hydrogen-bond acceptors (Lipinski definition) is 4. The molecule has 0 aliphatic carbocycles. The van der Waals surface area contributed by atoms with Gasteiger partial charge in [0, 0.05) is 23.2 Å². The Morgan fingerprint density at radius 1 is 1.21 bits per heavy atom. The molecule has 0 saturated heterocycles. The summed E-state index contributed by atoms with van der Waals surface area (Å²) in [6.45, 7) is 10.8. The van der Waals surface area contributed by atoms with E-state index in [1.54, 1.807) is 0 Å². The van der Waals surface area contributed by atoms with Crippen molar-refractivity contribution in [3.05, 3.63) is 54.0 Å². The van der Waals surface area contributed by atoms with Gasteiger partial charge in [0.1, 0.15) is 17.3 Å². The smallest absolute Gasteiger partial charge is 0.143 e. The summed E-state index contributed by atoms with van der Waals surface area (Å²) in [6, 6.07) is 8.06. The number of thiol groups is 1. The molecule has 0 fully saturated rings. The number of aryl methyl sites for hydroxylation is 2. The molecular formula is C19H24N4S. The van der Waals surface area contributed by atoms with Crippen LogP contribution in [0.4, 0.5) is 5.82 Å². The minimum atomic E-state index is 0.767. The molecule has 2 heterocycles. The molecule has 5 heteroatoms. The number of H-pyrrole nitrogens is 1. The first kappa shape index (κ1) is 18.1. The van der Waals surface area contributed by atoms with Crippen LogP contribution in [0.2, 0.25) is 0 Å². The van der Waals surface area contributed by atoms with Crippen molar-refractivity contribution < 1.29 is 0 Å². The minimum Gasteiger partial charge on any atom is -0.369 e. The largest absolute Gasteiger partial charge is 0.369 e. The van der Waals surface area contributed by atoms with E-state index in [4.69, 9.17) is 0 Å². The van der Waals surface area contributed by atoms with Gasteiger partial charge < -0.3 is 10.3 Å². The van der Waals surface area contributed by atoms with Gasteiger partial charge in [-0.3, -0.25) is 0 Å². The van der Waals surface area contributed by atoms with Crippen molar-refractivity contribution in [1.29, 1.82) is 0 Å². The molecule has 3 rings (SSSR count). The van der Waals surface area contributed by atoms with Crippen LogP contribution >= 0.6 is 12.6 Å². The number of anilines is 1. The SMILES string of the molecule is C=Cc1c[nH]c2nc(C)nc(NCCC)c12.Cc1ccc(S)cc1. The quantitative estimate of drug-likeness (QED) is 0.585. The summed E-state index contributed by atoms with van der Waals surface area (Å²) in [5.74, 6) is 1.66. The minimum absolute atomic E-state index is 0.767. The first-order valence-electron chi connectivity index (χ1n) is 8.02. The molecule has 2 aromatic heterocycles. The van der Waals surface area contributed by atoms with E-state index in [0.717, 1.165) is 46.1 Å². The zero-order valence-electron chi connectivity index (χ0n) is 14.4. The van der Waals surface area contributed by atoms with Gasteiger partial charge in [0.25, 0.3) is 0 Å². The zero-order valence-corrected chi connectivity index (χ0v) is 15.3. The van der Waals surface area contributed by atoms with Crippen LogP contribution in [0.15, 0.2) is 41.9 Å². The van der Waals surface area contributed by atoms with Gasteiger partial charge in [-0.2, -0.15) is 0 Å². The number of fused-ring (bicyclic) bond motifs is 1. The lowest BCUT2D eigenvalue weighted by atomic mass is 10.2. The van der Waals surface area contributed by atoms with Crippen molar-refractivity contribution in [2.45, 2.75) is 32.1 Å². The molecule has 0 aliphatic heterocycles. The van der Waals surface area contributed by atoms with Gasteiger partial charge in [0.15, 0.2) is 0 Å². The van der Waals surface area contributed by atoms with E-state index in [0.29, 0.717) is 0 Å². The summed E-state index contributed by atoms with van der Waals surface area (Å²) in [5.41, 5.74) is 3.18. The average Bonchev–Trinajstić information content (AvgIpc) is 2.99. The molecular weight excluding hydrogens is 316 g/mol. The third kappa shape index (κ3) is 4.61. The van der Waals surface area contributed by atoms with Gasteiger partial charge in [-0.25, -0.2) is 9.97 Å². The maximum atomic E-state index is 4.43. The van der Waals surface area contributed by atoms with Gasteiger partial charge in [-0.15, -0.1) is 12.6 Å². The Kier molecular flexibility index (Phi) is 6.44. The molecule has 1 aromatic carbocycles. The topological polar surface area (TPSA) is 53.6 Å². The van der Waals surface area contributed by atoms with Crippen molar-refractivity contribution in [2.75, 3.05) is 11.9 Å². The highest BCUT2D eigenvalue weighted by molar-refractivity contribution is 7.80. The van der Waals surface area contributed by atoms with Crippen LogP contribution in [0, 0.1) is 13.8 Å². The maximum Gasteiger partial charge on any atom is 0.143 e. The van der Waals surface area contributed by atoms with Crippen LogP contribution < -0.4 is 5.32 Å². The lowest BCUT2D eigenvalue weighted by Gasteiger charge is -2.06. The van der Waals surface area contributed by atoms with Crippen LogP contribution in [-0.2, 0) is 0 Å². The summed E-state index contributed by atoms with van der Waals surface area (Å²) in [6.07, 6.45) is 4.79. The fourth-order valence-corrected chi connectivity index (χ4v) is 2.39. The second-order valence-corrected chi connectivity index (χ2v) is 6.07. The Morgan fingerprint density at radius 2 is 1.92 bits per heavy atom. The lowest BCUT2D eigenvalue weighted by molar-refractivity contribution is 0.962. The van der Waals surface area contributed by atoms with E-state index in [-0.39, 0.29) is 0 Å². The molecule has 24 heavy (non-hydrogen) atoms. The van der Waals surface area contributed by atoms with Crippen LogP contribution in [0.3, 0.4) is 0 Å². The Bertz CT molecular complexity index is 785. The highest BCUT2D eigenvalue weighted by Crippen LogP contribution is 2.24. The zero-order chi connectivity index (χ0) is 17.5. The van der Waals surface area contributed by atoms with E-state index in [1.807, 2.05) is 43.5 Å². The number of nitrogens with zero attached hydrogens (tertiary/aromatic N) is 2. The predicted molar refractivity (Wildman–Crippen MR) is 106 cm³/mol. The van der Waals surface area contributed by atoms with Crippen LogP contribution in [0.1, 0.15) is 30.3 Å². The molecule has 0 radical (unpaired) electrons. The normalized spacial score (nSPS) is 10.2. The fourth-order valence-electron chi connectivity index (χ4n) is 2.25. The van der Waals surface area contributed by atoms with Crippen LogP contribution in [-0.4, -0.2) is 21.5 Å². The summed E-state index contributed by atoms with van der Waals surface area (Å²) in [7, 11) is 0. The molecule has 2 N–H and O–H groups in total. The summed E-state index contributed by atoms with van der Waals surface area (Å²) >= 11 is 4.13.